The second-order valence-corrected chi connectivity index (χ2v) is 11.8. The van der Waals surface area contributed by atoms with Gasteiger partial charge >= 0.3 is 0 Å². The van der Waals surface area contributed by atoms with Gasteiger partial charge in [0.15, 0.2) is 0 Å². The number of hydrogen-bond acceptors (Lipinski definition) is 4. The quantitative estimate of drug-likeness (QED) is 0.406. The molecule has 0 spiro atoms. The van der Waals surface area contributed by atoms with Crippen LogP contribution < -0.4 is 9.62 Å². The molecule has 3 aromatic carbocycles. The Hall–Kier alpha value is -3.65. The average Bonchev–Trinajstić information content (AvgIpc) is 2.87. The van der Waals surface area contributed by atoms with Crippen LogP contribution in [0.3, 0.4) is 0 Å². The third-order valence-corrected chi connectivity index (χ3v) is 8.21. The van der Waals surface area contributed by atoms with Gasteiger partial charge in [0.05, 0.1) is 10.6 Å². The highest BCUT2D eigenvalue weighted by Gasteiger charge is 2.32. The Morgan fingerprint density at radius 2 is 1.53 bits per heavy atom. The molecular weight excluding hydrogens is 498 g/mol. The van der Waals surface area contributed by atoms with Gasteiger partial charge in [0, 0.05) is 12.6 Å². The molecule has 0 unspecified atom stereocenters. The van der Waals surface area contributed by atoms with E-state index in [4.69, 9.17) is 0 Å². The van der Waals surface area contributed by atoms with E-state index in [9.17, 15) is 18.0 Å². The van der Waals surface area contributed by atoms with Crippen LogP contribution in [0.5, 0.6) is 0 Å². The van der Waals surface area contributed by atoms with E-state index in [0.717, 1.165) is 26.6 Å². The van der Waals surface area contributed by atoms with Crippen molar-refractivity contribution in [2.45, 2.75) is 65.1 Å². The van der Waals surface area contributed by atoms with E-state index < -0.39 is 28.5 Å². The van der Waals surface area contributed by atoms with Gasteiger partial charge in [0.25, 0.3) is 10.0 Å². The number of nitrogens with one attached hydrogen (secondary N) is 1. The molecule has 0 aromatic heterocycles. The van der Waals surface area contributed by atoms with Crippen molar-refractivity contribution >= 4 is 27.5 Å². The van der Waals surface area contributed by atoms with Crippen LogP contribution in [-0.2, 0) is 26.2 Å². The Kier molecular flexibility index (Phi) is 9.33. The van der Waals surface area contributed by atoms with E-state index in [0.29, 0.717) is 5.69 Å². The fourth-order valence-electron chi connectivity index (χ4n) is 4.12. The van der Waals surface area contributed by atoms with Crippen LogP contribution >= 0.6 is 0 Å². The first-order valence-corrected chi connectivity index (χ1v) is 14.1. The van der Waals surface area contributed by atoms with E-state index in [2.05, 4.69) is 5.32 Å². The SMILES string of the molecule is Cc1cccc(CN(C(=O)CN(c2ccc(C)c(C)c2)S(=O)(=O)c2ccccc2)[C@H](C)C(=O)NC(C)C)c1. The number of benzene rings is 3. The van der Waals surface area contributed by atoms with Crippen molar-refractivity contribution in [2.75, 3.05) is 10.8 Å². The maximum atomic E-state index is 13.9. The maximum Gasteiger partial charge on any atom is 0.264 e. The van der Waals surface area contributed by atoms with Gasteiger partial charge in [-0.25, -0.2) is 8.42 Å². The Bertz CT molecular complexity index is 1390. The second-order valence-electron chi connectivity index (χ2n) is 9.94. The van der Waals surface area contributed by atoms with Crippen LogP contribution in [0.2, 0.25) is 0 Å². The lowest BCUT2D eigenvalue weighted by Gasteiger charge is -2.32. The molecule has 1 N–H and O–H groups in total. The molecule has 202 valence electrons. The molecule has 7 nitrogen and oxygen atoms in total. The molecular formula is C30H37N3O4S. The first-order valence-electron chi connectivity index (χ1n) is 12.7. The minimum absolute atomic E-state index is 0.0851. The van der Waals surface area contributed by atoms with E-state index in [1.165, 1.54) is 17.0 Å². The van der Waals surface area contributed by atoms with Crippen molar-refractivity contribution < 1.29 is 18.0 Å². The molecule has 0 aliphatic rings. The monoisotopic (exact) mass is 535 g/mol. The Morgan fingerprint density at radius 3 is 2.13 bits per heavy atom. The summed E-state index contributed by atoms with van der Waals surface area (Å²) < 4.78 is 28.8. The fourth-order valence-corrected chi connectivity index (χ4v) is 5.55. The number of aryl methyl sites for hydroxylation is 3. The molecule has 0 saturated heterocycles. The van der Waals surface area contributed by atoms with Gasteiger partial charge in [-0.3, -0.25) is 13.9 Å². The molecule has 1 atom stereocenters. The van der Waals surface area contributed by atoms with Gasteiger partial charge in [-0.05, 0) is 82.5 Å². The summed E-state index contributed by atoms with van der Waals surface area (Å²) in [4.78, 5) is 28.4. The summed E-state index contributed by atoms with van der Waals surface area (Å²) in [5.74, 6) is -0.778. The van der Waals surface area contributed by atoms with E-state index in [1.807, 2.05) is 65.0 Å². The topological polar surface area (TPSA) is 86.8 Å². The zero-order valence-electron chi connectivity index (χ0n) is 22.9. The van der Waals surface area contributed by atoms with Gasteiger partial charge < -0.3 is 10.2 Å². The molecule has 8 heteroatoms. The van der Waals surface area contributed by atoms with E-state index in [1.54, 1.807) is 37.3 Å². The van der Waals surface area contributed by atoms with Gasteiger partial charge in [-0.2, -0.15) is 0 Å². The van der Waals surface area contributed by atoms with Crippen molar-refractivity contribution in [1.29, 1.82) is 0 Å². The van der Waals surface area contributed by atoms with Crippen molar-refractivity contribution in [3.63, 3.8) is 0 Å². The highest BCUT2D eigenvalue weighted by molar-refractivity contribution is 7.92. The molecule has 0 aliphatic heterocycles. The van der Waals surface area contributed by atoms with Crippen LogP contribution in [0.15, 0.2) is 77.7 Å². The van der Waals surface area contributed by atoms with Gasteiger partial charge in [-0.15, -0.1) is 0 Å². The number of anilines is 1. The number of nitrogens with zero attached hydrogens (tertiary/aromatic N) is 2. The average molecular weight is 536 g/mol. The molecule has 0 aliphatic carbocycles. The third kappa shape index (κ3) is 7.01. The minimum atomic E-state index is -4.07. The standard InChI is InChI=1S/C30H37N3O4S/c1-21(2)31-30(35)25(6)32(19-26-12-10-11-22(3)17-26)29(34)20-33(27-16-15-23(4)24(5)18-27)38(36,37)28-13-8-7-9-14-28/h7-18,21,25H,19-20H2,1-6H3,(H,31,35)/t25-/m1/s1. The van der Waals surface area contributed by atoms with Gasteiger partial charge in [0.1, 0.15) is 12.6 Å². The van der Waals surface area contributed by atoms with E-state index in [-0.39, 0.29) is 23.4 Å². The second kappa shape index (κ2) is 12.3. The molecule has 0 radical (unpaired) electrons. The lowest BCUT2D eigenvalue weighted by atomic mass is 10.1. The number of carbonyl (C=O) groups excluding carboxylic acids is 2. The first kappa shape index (κ1) is 28.9. The summed E-state index contributed by atoms with van der Waals surface area (Å²) in [7, 11) is -4.07. The summed E-state index contributed by atoms with van der Waals surface area (Å²) in [6, 6.07) is 20.1. The number of sulfonamides is 1. The van der Waals surface area contributed by atoms with Crippen molar-refractivity contribution in [3.05, 3.63) is 95.1 Å². The summed E-state index contributed by atoms with van der Waals surface area (Å²) in [6.07, 6.45) is 0. The largest absolute Gasteiger partial charge is 0.352 e. The molecule has 0 bridgehead atoms. The molecule has 2 amide bonds. The molecule has 0 heterocycles. The Labute approximate surface area is 226 Å². The van der Waals surface area contributed by atoms with Crippen molar-refractivity contribution in [2.24, 2.45) is 0 Å². The van der Waals surface area contributed by atoms with Crippen molar-refractivity contribution in [1.82, 2.24) is 10.2 Å². The number of carbonyl (C=O) groups is 2. The van der Waals surface area contributed by atoms with Crippen LogP contribution in [0, 0.1) is 20.8 Å². The number of rotatable bonds is 10. The lowest BCUT2D eigenvalue weighted by Crippen LogP contribution is -2.52. The smallest absolute Gasteiger partial charge is 0.264 e. The first-order chi connectivity index (χ1) is 17.9. The highest BCUT2D eigenvalue weighted by Crippen LogP contribution is 2.26. The maximum absolute atomic E-state index is 13.9. The lowest BCUT2D eigenvalue weighted by molar-refractivity contribution is -0.139. The normalized spacial score (nSPS) is 12.2. The number of amides is 2. The van der Waals surface area contributed by atoms with Crippen LogP contribution in [-0.4, -0.2) is 43.8 Å². The van der Waals surface area contributed by atoms with Gasteiger partial charge in [-0.1, -0.05) is 54.1 Å². The van der Waals surface area contributed by atoms with Gasteiger partial charge in [0.2, 0.25) is 11.8 Å². The van der Waals surface area contributed by atoms with Crippen LogP contribution in [0.4, 0.5) is 5.69 Å². The molecule has 38 heavy (non-hydrogen) atoms. The Morgan fingerprint density at radius 1 is 0.842 bits per heavy atom. The molecule has 3 aromatic rings. The number of hydrogen-bond donors (Lipinski definition) is 1. The molecule has 0 saturated carbocycles. The van der Waals surface area contributed by atoms with Crippen LogP contribution in [0.1, 0.15) is 43.0 Å². The summed E-state index contributed by atoms with van der Waals surface area (Å²) >= 11 is 0. The Balaban J connectivity index is 2.05. The summed E-state index contributed by atoms with van der Waals surface area (Å²) in [5.41, 5.74) is 4.19. The third-order valence-electron chi connectivity index (χ3n) is 6.42. The predicted molar refractivity (Wildman–Crippen MR) is 151 cm³/mol. The van der Waals surface area contributed by atoms with Crippen LogP contribution in [0.25, 0.3) is 0 Å². The zero-order chi connectivity index (χ0) is 28.0. The fraction of sp³-hybridized carbons (Fsp3) is 0.333. The van der Waals surface area contributed by atoms with Crippen molar-refractivity contribution in [3.8, 4) is 0 Å². The zero-order valence-corrected chi connectivity index (χ0v) is 23.7. The summed E-state index contributed by atoms with van der Waals surface area (Å²) in [6.45, 7) is 10.9. The highest BCUT2D eigenvalue weighted by atomic mass is 32.2. The van der Waals surface area contributed by atoms with E-state index >= 15 is 0 Å². The minimum Gasteiger partial charge on any atom is -0.352 e. The molecule has 0 fully saturated rings. The molecule has 3 rings (SSSR count). The predicted octanol–water partition coefficient (Wildman–Crippen LogP) is 4.75. The summed E-state index contributed by atoms with van der Waals surface area (Å²) in [5, 5.41) is 2.87.